The highest BCUT2D eigenvalue weighted by Crippen LogP contribution is 2.25. The van der Waals surface area contributed by atoms with Crippen molar-refractivity contribution in [3.8, 4) is 0 Å². The van der Waals surface area contributed by atoms with E-state index in [2.05, 4.69) is 5.32 Å². The molecule has 1 saturated heterocycles. The molecule has 2 rings (SSSR count). The molecule has 0 radical (unpaired) electrons. The van der Waals surface area contributed by atoms with Crippen LogP contribution in [0.5, 0.6) is 0 Å². The minimum atomic E-state index is -0.502. The Hall–Kier alpha value is -1.59. The third-order valence-electron chi connectivity index (χ3n) is 4.65. The van der Waals surface area contributed by atoms with E-state index in [0.717, 1.165) is 25.7 Å². The molecule has 2 fully saturated rings. The summed E-state index contributed by atoms with van der Waals surface area (Å²) in [6.07, 6.45) is 5.58. The molecule has 0 spiro atoms. The largest absolute Gasteiger partial charge is 0.345 e. The number of carbonyl (C=O) groups excluding carboxylic acids is 3. The monoisotopic (exact) mass is 309 g/mol. The highest BCUT2D eigenvalue weighted by atomic mass is 16.2. The predicted octanol–water partition coefficient (Wildman–Crippen LogP) is 0.762. The zero-order valence-corrected chi connectivity index (χ0v) is 13.6. The number of hydrogen-bond donors (Lipinski definition) is 1. The maximum absolute atomic E-state index is 12.5. The molecule has 2 aliphatic rings. The Labute approximate surface area is 132 Å². The van der Waals surface area contributed by atoms with E-state index in [-0.39, 0.29) is 23.6 Å². The van der Waals surface area contributed by atoms with Crippen molar-refractivity contribution in [2.75, 3.05) is 26.2 Å². The molecule has 3 amide bonds. The molecule has 6 heteroatoms. The van der Waals surface area contributed by atoms with Gasteiger partial charge in [0.15, 0.2) is 0 Å². The van der Waals surface area contributed by atoms with Gasteiger partial charge in [0.1, 0.15) is 6.04 Å². The van der Waals surface area contributed by atoms with Gasteiger partial charge in [-0.2, -0.15) is 0 Å². The molecule has 1 heterocycles. The molecule has 0 aromatic heterocycles. The quantitative estimate of drug-likeness (QED) is 0.837. The topological polar surface area (TPSA) is 69.7 Å². The summed E-state index contributed by atoms with van der Waals surface area (Å²) in [5, 5.41) is 2.61. The second kappa shape index (κ2) is 7.61. The van der Waals surface area contributed by atoms with E-state index in [1.165, 1.54) is 13.3 Å². The van der Waals surface area contributed by atoms with Crippen LogP contribution in [0.4, 0.5) is 0 Å². The van der Waals surface area contributed by atoms with Crippen LogP contribution in [0.15, 0.2) is 0 Å². The van der Waals surface area contributed by atoms with Gasteiger partial charge in [0.25, 0.3) is 0 Å². The molecule has 1 aliphatic heterocycles. The standard InChI is InChI=1S/C16H27N3O3/c1-12(17-13(2)20)15(21)18-8-10-19(11-9-18)16(22)14-6-4-3-5-7-14/h12,14H,3-11H2,1-2H3,(H,17,20). The molecule has 6 nitrogen and oxygen atoms in total. The first kappa shape index (κ1) is 16.8. The zero-order valence-electron chi connectivity index (χ0n) is 13.6. The lowest BCUT2D eigenvalue weighted by Gasteiger charge is -2.38. The fourth-order valence-corrected chi connectivity index (χ4v) is 3.40. The zero-order chi connectivity index (χ0) is 16.1. The molecule has 1 atom stereocenters. The lowest BCUT2D eigenvalue weighted by Crippen LogP contribution is -2.55. The van der Waals surface area contributed by atoms with E-state index >= 15 is 0 Å². The Morgan fingerprint density at radius 1 is 0.955 bits per heavy atom. The predicted molar refractivity (Wildman–Crippen MR) is 83.0 cm³/mol. The average molecular weight is 309 g/mol. The SMILES string of the molecule is CC(=O)NC(C)C(=O)N1CCN(C(=O)C2CCCCC2)CC1. The van der Waals surface area contributed by atoms with Gasteiger partial charge in [-0.3, -0.25) is 14.4 Å². The van der Waals surface area contributed by atoms with Crippen LogP contribution in [0.25, 0.3) is 0 Å². The number of rotatable bonds is 3. The van der Waals surface area contributed by atoms with Crippen LogP contribution in [0.3, 0.4) is 0 Å². The molecule has 1 N–H and O–H groups in total. The summed E-state index contributed by atoms with van der Waals surface area (Å²) in [4.78, 5) is 39.4. The molecule has 0 aromatic rings. The van der Waals surface area contributed by atoms with Gasteiger partial charge in [-0.1, -0.05) is 19.3 Å². The van der Waals surface area contributed by atoms with Crippen LogP contribution in [-0.4, -0.2) is 59.7 Å². The van der Waals surface area contributed by atoms with Gasteiger partial charge in [-0.25, -0.2) is 0 Å². The summed E-state index contributed by atoms with van der Waals surface area (Å²) < 4.78 is 0. The van der Waals surface area contributed by atoms with E-state index in [0.29, 0.717) is 26.2 Å². The van der Waals surface area contributed by atoms with Crippen LogP contribution >= 0.6 is 0 Å². The minimum absolute atomic E-state index is 0.0695. The maximum atomic E-state index is 12.5. The molecule has 0 bridgehead atoms. The summed E-state index contributed by atoms with van der Waals surface area (Å²) in [5.41, 5.74) is 0. The smallest absolute Gasteiger partial charge is 0.244 e. The minimum Gasteiger partial charge on any atom is -0.345 e. The fourth-order valence-electron chi connectivity index (χ4n) is 3.40. The summed E-state index contributed by atoms with van der Waals surface area (Å²) in [5.74, 6) is 0.183. The lowest BCUT2D eigenvalue weighted by atomic mass is 9.88. The number of nitrogens with zero attached hydrogens (tertiary/aromatic N) is 2. The van der Waals surface area contributed by atoms with Crippen molar-refractivity contribution >= 4 is 17.7 Å². The van der Waals surface area contributed by atoms with Crippen molar-refractivity contribution in [1.29, 1.82) is 0 Å². The number of hydrogen-bond acceptors (Lipinski definition) is 3. The van der Waals surface area contributed by atoms with Gasteiger partial charge in [-0.05, 0) is 19.8 Å². The average Bonchev–Trinajstić information content (AvgIpc) is 2.54. The second-order valence-corrected chi connectivity index (χ2v) is 6.41. The van der Waals surface area contributed by atoms with Gasteiger partial charge >= 0.3 is 0 Å². The van der Waals surface area contributed by atoms with Crippen molar-refractivity contribution in [3.05, 3.63) is 0 Å². The Kier molecular flexibility index (Phi) is 5.80. The summed E-state index contributed by atoms with van der Waals surface area (Å²) in [6, 6.07) is -0.502. The summed E-state index contributed by atoms with van der Waals surface area (Å²) in [7, 11) is 0. The van der Waals surface area contributed by atoms with Crippen molar-refractivity contribution in [1.82, 2.24) is 15.1 Å². The van der Waals surface area contributed by atoms with E-state index in [1.807, 2.05) is 4.90 Å². The van der Waals surface area contributed by atoms with Crippen molar-refractivity contribution in [2.45, 2.75) is 52.0 Å². The van der Waals surface area contributed by atoms with Crippen LogP contribution < -0.4 is 5.32 Å². The molecule has 0 aromatic carbocycles. The van der Waals surface area contributed by atoms with Gasteiger partial charge in [0, 0.05) is 39.0 Å². The van der Waals surface area contributed by atoms with Crippen molar-refractivity contribution < 1.29 is 14.4 Å². The Bertz CT molecular complexity index is 424. The van der Waals surface area contributed by atoms with Gasteiger partial charge in [-0.15, -0.1) is 0 Å². The highest BCUT2D eigenvalue weighted by molar-refractivity contribution is 5.87. The van der Waals surface area contributed by atoms with Crippen molar-refractivity contribution in [2.24, 2.45) is 5.92 Å². The van der Waals surface area contributed by atoms with Crippen LogP contribution in [-0.2, 0) is 14.4 Å². The normalized spacial score (nSPS) is 21.4. The van der Waals surface area contributed by atoms with Crippen LogP contribution in [0, 0.1) is 5.92 Å². The van der Waals surface area contributed by atoms with E-state index in [1.54, 1.807) is 11.8 Å². The Balaban J connectivity index is 1.80. The first-order valence-corrected chi connectivity index (χ1v) is 8.33. The number of amides is 3. The highest BCUT2D eigenvalue weighted by Gasteiger charge is 2.30. The second-order valence-electron chi connectivity index (χ2n) is 6.41. The molecule has 1 saturated carbocycles. The molecule has 22 heavy (non-hydrogen) atoms. The van der Waals surface area contributed by atoms with E-state index in [9.17, 15) is 14.4 Å². The summed E-state index contributed by atoms with van der Waals surface area (Å²) in [6.45, 7) is 5.43. The van der Waals surface area contributed by atoms with Gasteiger partial charge in [0.2, 0.25) is 17.7 Å². The molecular formula is C16H27N3O3. The fraction of sp³-hybridized carbons (Fsp3) is 0.812. The van der Waals surface area contributed by atoms with Crippen molar-refractivity contribution in [3.63, 3.8) is 0 Å². The first-order valence-electron chi connectivity index (χ1n) is 8.33. The molecule has 1 unspecified atom stereocenters. The van der Waals surface area contributed by atoms with E-state index in [4.69, 9.17) is 0 Å². The summed E-state index contributed by atoms with van der Waals surface area (Å²) >= 11 is 0. The van der Waals surface area contributed by atoms with E-state index < -0.39 is 6.04 Å². The molecule has 124 valence electrons. The molecule has 1 aliphatic carbocycles. The third-order valence-corrected chi connectivity index (χ3v) is 4.65. The number of nitrogens with one attached hydrogen (secondary N) is 1. The lowest BCUT2D eigenvalue weighted by molar-refractivity contribution is -0.144. The maximum Gasteiger partial charge on any atom is 0.244 e. The van der Waals surface area contributed by atoms with Crippen LogP contribution in [0.1, 0.15) is 46.0 Å². The first-order chi connectivity index (χ1) is 10.5. The third kappa shape index (κ3) is 4.21. The van der Waals surface area contributed by atoms with Crippen LogP contribution in [0.2, 0.25) is 0 Å². The number of carbonyl (C=O) groups is 3. The number of piperazine rings is 1. The van der Waals surface area contributed by atoms with Gasteiger partial charge < -0.3 is 15.1 Å². The Morgan fingerprint density at radius 3 is 2.05 bits per heavy atom. The molecular weight excluding hydrogens is 282 g/mol. The Morgan fingerprint density at radius 2 is 1.50 bits per heavy atom. The van der Waals surface area contributed by atoms with Gasteiger partial charge in [0.05, 0.1) is 0 Å².